The van der Waals surface area contributed by atoms with Crippen LogP contribution < -0.4 is 9.64 Å². The second kappa shape index (κ2) is 4.68. The number of aliphatic carboxylic acids is 1. The summed E-state index contributed by atoms with van der Waals surface area (Å²) < 4.78 is 5.30. The Morgan fingerprint density at radius 2 is 2.28 bits per heavy atom. The summed E-state index contributed by atoms with van der Waals surface area (Å²) in [6.45, 7) is 1.85. The molecule has 2 rings (SSSR count). The maximum atomic E-state index is 11.5. The van der Waals surface area contributed by atoms with E-state index in [1.165, 1.54) is 4.90 Å². The van der Waals surface area contributed by atoms with Gasteiger partial charge in [-0.1, -0.05) is 13.0 Å². The molecule has 1 aliphatic rings. The molecule has 18 heavy (non-hydrogen) atoms. The van der Waals surface area contributed by atoms with Crippen molar-refractivity contribution >= 4 is 17.6 Å². The summed E-state index contributed by atoms with van der Waals surface area (Å²) in [5.41, 5.74) is 1.32. The summed E-state index contributed by atoms with van der Waals surface area (Å²) in [6, 6.07) is 5.18. The molecule has 1 aromatic rings. The number of carbonyl (C=O) groups excluding carboxylic acids is 1. The molecule has 1 N–H and O–H groups in total. The Balaban J connectivity index is 2.42. The van der Waals surface area contributed by atoms with Crippen molar-refractivity contribution < 1.29 is 19.4 Å². The molecule has 5 heteroatoms. The van der Waals surface area contributed by atoms with E-state index in [9.17, 15) is 9.59 Å². The van der Waals surface area contributed by atoms with Crippen molar-refractivity contribution in [3.05, 3.63) is 23.8 Å². The van der Waals surface area contributed by atoms with Crippen LogP contribution in [0.4, 0.5) is 5.69 Å². The molecule has 0 fully saturated rings. The van der Waals surface area contributed by atoms with E-state index in [4.69, 9.17) is 9.84 Å². The van der Waals surface area contributed by atoms with Gasteiger partial charge in [0.05, 0.1) is 11.6 Å². The zero-order valence-electron chi connectivity index (χ0n) is 10.3. The Bertz CT molecular complexity index is 498. The van der Waals surface area contributed by atoms with Crippen molar-refractivity contribution in [2.24, 2.45) is 0 Å². The van der Waals surface area contributed by atoms with E-state index in [0.717, 1.165) is 0 Å². The monoisotopic (exact) mass is 249 g/mol. The topological polar surface area (TPSA) is 66.8 Å². The smallest absolute Gasteiger partial charge is 0.310 e. The Hall–Kier alpha value is -2.04. The van der Waals surface area contributed by atoms with E-state index in [2.05, 4.69) is 0 Å². The highest BCUT2D eigenvalue weighted by Gasteiger charge is 2.25. The number of carboxylic acid groups (broad SMARTS) is 1. The van der Waals surface area contributed by atoms with Gasteiger partial charge >= 0.3 is 5.97 Å². The number of nitrogens with zero attached hydrogens (tertiary/aromatic N) is 1. The molecule has 0 bridgehead atoms. The first-order chi connectivity index (χ1) is 8.54. The van der Waals surface area contributed by atoms with Gasteiger partial charge in [0, 0.05) is 7.05 Å². The van der Waals surface area contributed by atoms with Crippen LogP contribution in [-0.4, -0.2) is 30.6 Å². The van der Waals surface area contributed by atoms with Crippen LogP contribution in [0, 0.1) is 0 Å². The SMILES string of the molecule is CCC(C(=O)O)c1ccc2c(c1)N(C)C(=O)CO2. The molecule has 0 aromatic heterocycles. The van der Waals surface area contributed by atoms with Gasteiger partial charge < -0.3 is 14.7 Å². The highest BCUT2D eigenvalue weighted by molar-refractivity contribution is 5.97. The van der Waals surface area contributed by atoms with E-state index in [1.807, 2.05) is 6.92 Å². The van der Waals surface area contributed by atoms with E-state index in [0.29, 0.717) is 23.4 Å². The Labute approximate surface area is 105 Å². The molecule has 1 aromatic carbocycles. The minimum Gasteiger partial charge on any atom is -0.482 e. The number of ether oxygens (including phenoxy) is 1. The molecular weight excluding hydrogens is 234 g/mol. The maximum Gasteiger partial charge on any atom is 0.310 e. The summed E-state index contributed by atoms with van der Waals surface area (Å²) in [4.78, 5) is 24.2. The molecule has 5 nitrogen and oxygen atoms in total. The molecule has 1 aliphatic heterocycles. The molecule has 1 atom stereocenters. The zero-order valence-corrected chi connectivity index (χ0v) is 10.3. The third-order valence-electron chi connectivity index (χ3n) is 3.18. The number of carboxylic acids is 1. The van der Waals surface area contributed by atoms with Crippen LogP contribution in [-0.2, 0) is 9.59 Å². The molecule has 0 saturated heterocycles. The lowest BCUT2D eigenvalue weighted by atomic mass is 9.95. The summed E-state index contributed by atoms with van der Waals surface area (Å²) in [5.74, 6) is -0.937. The highest BCUT2D eigenvalue weighted by Crippen LogP contribution is 2.34. The fourth-order valence-corrected chi connectivity index (χ4v) is 2.06. The van der Waals surface area contributed by atoms with Gasteiger partial charge in [-0.05, 0) is 24.1 Å². The van der Waals surface area contributed by atoms with E-state index in [1.54, 1.807) is 25.2 Å². The fraction of sp³-hybridized carbons (Fsp3) is 0.385. The number of hydrogen-bond donors (Lipinski definition) is 1. The normalized spacial score (nSPS) is 15.9. The predicted molar refractivity (Wildman–Crippen MR) is 66.0 cm³/mol. The van der Waals surface area contributed by atoms with E-state index in [-0.39, 0.29) is 12.5 Å². The minimum atomic E-state index is -0.858. The van der Waals surface area contributed by atoms with Crippen molar-refractivity contribution in [1.29, 1.82) is 0 Å². The standard InChI is InChI=1S/C13H15NO4/c1-3-9(13(16)17)8-4-5-11-10(6-8)14(2)12(15)7-18-11/h4-6,9H,3,7H2,1-2H3,(H,16,17). The summed E-state index contributed by atoms with van der Waals surface area (Å²) >= 11 is 0. The molecule has 0 saturated carbocycles. The van der Waals surface area contributed by atoms with Crippen molar-refractivity contribution in [3.8, 4) is 5.75 Å². The molecule has 1 unspecified atom stereocenters. The van der Waals surface area contributed by atoms with Gasteiger partial charge in [0.1, 0.15) is 5.75 Å². The van der Waals surface area contributed by atoms with Crippen LogP contribution >= 0.6 is 0 Å². The zero-order chi connectivity index (χ0) is 13.3. The Kier molecular flexibility index (Phi) is 3.23. The van der Waals surface area contributed by atoms with Crippen LogP contribution in [0.3, 0.4) is 0 Å². The molecular formula is C13H15NO4. The number of rotatable bonds is 3. The minimum absolute atomic E-state index is 0.0268. The van der Waals surface area contributed by atoms with E-state index >= 15 is 0 Å². The van der Waals surface area contributed by atoms with Crippen LogP contribution in [0.15, 0.2) is 18.2 Å². The molecule has 96 valence electrons. The van der Waals surface area contributed by atoms with Gasteiger partial charge in [-0.15, -0.1) is 0 Å². The number of hydrogen-bond acceptors (Lipinski definition) is 3. The van der Waals surface area contributed by atoms with Crippen LogP contribution in [0.5, 0.6) is 5.75 Å². The summed E-state index contributed by atoms with van der Waals surface area (Å²) in [6.07, 6.45) is 0.507. The summed E-state index contributed by atoms with van der Waals surface area (Å²) in [7, 11) is 1.66. The van der Waals surface area contributed by atoms with Gasteiger partial charge in [-0.3, -0.25) is 9.59 Å². The highest BCUT2D eigenvalue weighted by atomic mass is 16.5. The number of anilines is 1. The molecule has 0 spiro atoms. The number of benzene rings is 1. The van der Waals surface area contributed by atoms with Gasteiger partial charge in [0.15, 0.2) is 6.61 Å². The first-order valence-electron chi connectivity index (χ1n) is 5.80. The fourth-order valence-electron chi connectivity index (χ4n) is 2.06. The first kappa shape index (κ1) is 12.4. The second-order valence-electron chi connectivity index (χ2n) is 4.27. The van der Waals surface area contributed by atoms with Crippen molar-refractivity contribution in [2.45, 2.75) is 19.3 Å². The van der Waals surface area contributed by atoms with Crippen LogP contribution in [0.25, 0.3) is 0 Å². The third kappa shape index (κ3) is 2.03. The van der Waals surface area contributed by atoms with Gasteiger partial charge in [0.25, 0.3) is 5.91 Å². The maximum absolute atomic E-state index is 11.5. The van der Waals surface area contributed by atoms with Crippen molar-refractivity contribution in [3.63, 3.8) is 0 Å². The molecule has 1 amide bonds. The second-order valence-corrected chi connectivity index (χ2v) is 4.27. The predicted octanol–water partition coefficient (Wildman–Crippen LogP) is 1.62. The van der Waals surface area contributed by atoms with Crippen LogP contribution in [0.2, 0.25) is 0 Å². The quantitative estimate of drug-likeness (QED) is 0.884. The number of likely N-dealkylation sites (N-methyl/N-ethyl adjacent to an activating group) is 1. The Morgan fingerprint density at radius 3 is 2.89 bits per heavy atom. The largest absolute Gasteiger partial charge is 0.482 e. The Morgan fingerprint density at radius 1 is 1.56 bits per heavy atom. The lowest BCUT2D eigenvalue weighted by Crippen LogP contribution is -2.35. The van der Waals surface area contributed by atoms with Gasteiger partial charge in [-0.2, -0.15) is 0 Å². The third-order valence-corrected chi connectivity index (χ3v) is 3.18. The average Bonchev–Trinajstić information content (AvgIpc) is 2.35. The lowest BCUT2D eigenvalue weighted by molar-refractivity contribution is -0.138. The van der Waals surface area contributed by atoms with Crippen molar-refractivity contribution in [2.75, 3.05) is 18.6 Å². The molecule has 1 heterocycles. The molecule has 0 aliphatic carbocycles. The number of amides is 1. The van der Waals surface area contributed by atoms with Gasteiger partial charge in [-0.25, -0.2) is 0 Å². The van der Waals surface area contributed by atoms with Crippen molar-refractivity contribution in [1.82, 2.24) is 0 Å². The number of fused-ring (bicyclic) bond motifs is 1. The molecule has 0 radical (unpaired) electrons. The number of carbonyl (C=O) groups is 2. The first-order valence-corrected chi connectivity index (χ1v) is 5.80. The average molecular weight is 249 g/mol. The van der Waals surface area contributed by atoms with Gasteiger partial charge in [0.2, 0.25) is 0 Å². The van der Waals surface area contributed by atoms with Crippen LogP contribution in [0.1, 0.15) is 24.8 Å². The lowest BCUT2D eigenvalue weighted by Gasteiger charge is -2.27. The summed E-state index contributed by atoms with van der Waals surface area (Å²) in [5, 5.41) is 9.14. The van der Waals surface area contributed by atoms with E-state index < -0.39 is 11.9 Å².